The Morgan fingerprint density at radius 3 is 2.75 bits per heavy atom. The lowest BCUT2D eigenvalue weighted by atomic mass is 9.68. The second kappa shape index (κ2) is 4.89. The highest BCUT2D eigenvalue weighted by Crippen LogP contribution is 2.67. The quantitative estimate of drug-likeness (QED) is 0.433. The van der Waals surface area contributed by atoms with Crippen LogP contribution < -0.4 is 0 Å². The number of fused-ring (bicyclic) bond motifs is 9. The van der Waals surface area contributed by atoms with Crippen LogP contribution in [-0.4, -0.2) is 12.6 Å². The molecule has 0 heterocycles. The van der Waals surface area contributed by atoms with E-state index >= 15 is 0 Å². The van der Waals surface area contributed by atoms with Crippen molar-refractivity contribution in [2.75, 3.05) is 6.61 Å². The molecule has 7 unspecified atom stereocenters. The number of allylic oxidation sites excluding steroid dienone is 2. The van der Waals surface area contributed by atoms with E-state index in [1.165, 1.54) is 19.3 Å². The number of esters is 1. The van der Waals surface area contributed by atoms with E-state index in [-0.39, 0.29) is 5.97 Å². The summed E-state index contributed by atoms with van der Waals surface area (Å²) in [6.45, 7) is 2.64. The number of ether oxygens (including phenoxy) is 1. The summed E-state index contributed by atoms with van der Waals surface area (Å²) in [4.78, 5) is 11.7. The fourth-order valence-corrected chi connectivity index (χ4v) is 6.08. The third-order valence-corrected chi connectivity index (χ3v) is 6.59. The molecule has 2 nitrogen and oxygen atoms in total. The first-order valence-electron chi connectivity index (χ1n) is 8.62. The average molecular weight is 274 g/mol. The predicted octanol–water partition coefficient (Wildman–Crippen LogP) is 3.81. The Balaban J connectivity index is 1.34. The predicted molar refractivity (Wildman–Crippen MR) is 77.9 cm³/mol. The zero-order chi connectivity index (χ0) is 13.7. The zero-order valence-electron chi connectivity index (χ0n) is 12.5. The molecule has 0 amide bonds. The maximum atomic E-state index is 11.7. The molecule has 0 radical (unpaired) electrons. The van der Waals surface area contributed by atoms with Gasteiger partial charge in [0.25, 0.3) is 0 Å². The van der Waals surface area contributed by atoms with E-state index in [1.807, 2.05) is 6.92 Å². The molecule has 0 aromatic carbocycles. The standard InChI is InChI=1S/C18H26O2/c1-2-7-20-16(19)6-5-11-8-14-10-15(11)18-13-4-3-12(9-13)17(14)18/h3-4,11-15,17-18H,2,5-10H2,1H3. The lowest BCUT2D eigenvalue weighted by molar-refractivity contribution is -0.144. The highest BCUT2D eigenvalue weighted by Gasteiger charge is 2.60. The number of carbonyl (C=O) groups excluding carboxylic acids is 1. The zero-order valence-corrected chi connectivity index (χ0v) is 12.5. The summed E-state index contributed by atoms with van der Waals surface area (Å²) in [5.74, 6) is 6.51. The van der Waals surface area contributed by atoms with E-state index in [4.69, 9.17) is 4.74 Å². The molecule has 0 spiro atoms. The van der Waals surface area contributed by atoms with Gasteiger partial charge in [-0.15, -0.1) is 0 Å². The smallest absolute Gasteiger partial charge is 0.305 e. The molecule has 3 saturated carbocycles. The topological polar surface area (TPSA) is 26.3 Å². The minimum Gasteiger partial charge on any atom is -0.466 e. The van der Waals surface area contributed by atoms with Crippen molar-refractivity contribution < 1.29 is 9.53 Å². The van der Waals surface area contributed by atoms with Gasteiger partial charge in [-0.2, -0.15) is 0 Å². The molecular weight excluding hydrogens is 248 g/mol. The Morgan fingerprint density at radius 2 is 1.95 bits per heavy atom. The van der Waals surface area contributed by atoms with Crippen LogP contribution in [0.5, 0.6) is 0 Å². The Kier molecular flexibility index (Phi) is 3.16. The van der Waals surface area contributed by atoms with Crippen LogP contribution in [0.25, 0.3) is 0 Å². The molecule has 7 atom stereocenters. The van der Waals surface area contributed by atoms with Gasteiger partial charge in [-0.05, 0) is 73.5 Å². The normalized spacial score (nSPS) is 47.0. The van der Waals surface area contributed by atoms with Gasteiger partial charge in [-0.3, -0.25) is 4.79 Å². The van der Waals surface area contributed by atoms with E-state index in [2.05, 4.69) is 12.2 Å². The van der Waals surface area contributed by atoms with Crippen molar-refractivity contribution in [2.24, 2.45) is 41.4 Å². The molecule has 4 rings (SSSR count). The lowest BCUT2D eigenvalue weighted by Gasteiger charge is -2.36. The van der Waals surface area contributed by atoms with E-state index in [0.29, 0.717) is 13.0 Å². The Bertz CT molecular complexity index is 427. The van der Waals surface area contributed by atoms with Gasteiger partial charge in [0, 0.05) is 6.42 Å². The van der Waals surface area contributed by atoms with Crippen LogP contribution in [0, 0.1) is 41.4 Å². The first kappa shape index (κ1) is 12.9. The molecule has 0 aromatic heterocycles. The number of carbonyl (C=O) groups is 1. The Morgan fingerprint density at radius 1 is 1.15 bits per heavy atom. The van der Waals surface area contributed by atoms with Crippen LogP contribution in [0.2, 0.25) is 0 Å². The second-order valence-electron chi connectivity index (χ2n) is 7.52. The van der Waals surface area contributed by atoms with E-state index < -0.39 is 0 Å². The van der Waals surface area contributed by atoms with Crippen LogP contribution in [0.4, 0.5) is 0 Å². The SMILES string of the molecule is CCCOC(=O)CCC1CC2CC1C1C3C=CC(C3)C21. The van der Waals surface area contributed by atoms with Gasteiger partial charge in [0.05, 0.1) is 6.61 Å². The monoisotopic (exact) mass is 274 g/mol. The van der Waals surface area contributed by atoms with Gasteiger partial charge in [0.2, 0.25) is 0 Å². The number of hydrogen-bond acceptors (Lipinski definition) is 2. The van der Waals surface area contributed by atoms with Crippen LogP contribution in [-0.2, 0) is 9.53 Å². The van der Waals surface area contributed by atoms with Crippen molar-refractivity contribution in [3.63, 3.8) is 0 Å². The molecule has 20 heavy (non-hydrogen) atoms. The summed E-state index contributed by atoms with van der Waals surface area (Å²) in [6.07, 6.45) is 11.9. The molecule has 0 aliphatic heterocycles. The van der Waals surface area contributed by atoms with Gasteiger partial charge in [0.15, 0.2) is 0 Å². The fourth-order valence-electron chi connectivity index (χ4n) is 6.08. The molecule has 0 aromatic rings. The van der Waals surface area contributed by atoms with Crippen molar-refractivity contribution in [1.82, 2.24) is 0 Å². The summed E-state index contributed by atoms with van der Waals surface area (Å²) in [6, 6.07) is 0. The summed E-state index contributed by atoms with van der Waals surface area (Å²) < 4.78 is 5.22. The van der Waals surface area contributed by atoms with Crippen LogP contribution >= 0.6 is 0 Å². The first-order valence-corrected chi connectivity index (χ1v) is 8.62. The molecule has 0 saturated heterocycles. The van der Waals surface area contributed by atoms with Crippen molar-refractivity contribution >= 4 is 5.97 Å². The van der Waals surface area contributed by atoms with Crippen LogP contribution in [0.1, 0.15) is 45.4 Å². The number of rotatable bonds is 5. The van der Waals surface area contributed by atoms with E-state index in [9.17, 15) is 4.79 Å². The molecule has 4 bridgehead atoms. The van der Waals surface area contributed by atoms with Crippen molar-refractivity contribution in [3.8, 4) is 0 Å². The molecule has 110 valence electrons. The van der Waals surface area contributed by atoms with E-state index in [0.717, 1.165) is 54.3 Å². The second-order valence-corrected chi connectivity index (χ2v) is 7.52. The highest BCUT2D eigenvalue weighted by atomic mass is 16.5. The Labute approximate surface area is 122 Å². The largest absolute Gasteiger partial charge is 0.466 e. The van der Waals surface area contributed by atoms with E-state index in [1.54, 1.807) is 0 Å². The fraction of sp³-hybridized carbons (Fsp3) is 0.833. The Hall–Kier alpha value is -0.790. The highest BCUT2D eigenvalue weighted by molar-refractivity contribution is 5.69. The molecule has 4 aliphatic carbocycles. The minimum absolute atomic E-state index is 0.0269. The van der Waals surface area contributed by atoms with Gasteiger partial charge >= 0.3 is 5.97 Å². The van der Waals surface area contributed by atoms with Gasteiger partial charge in [0.1, 0.15) is 0 Å². The van der Waals surface area contributed by atoms with Gasteiger partial charge < -0.3 is 4.74 Å². The van der Waals surface area contributed by atoms with Crippen molar-refractivity contribution in [1.29, 1.82) is 0 Å². The van der Waals surface area contributed by atoms with Crippen molar-refractivity contribution in [3.05, 3.63) is 12.2 Å². The number of hydrogen-bond donors (Lipinski definition) is 0. The minimum atomic E-state index is 0.0269. The molecule has 4 aliphatic rings. The summed E-state index contributed by atoms with van der Waals surface area (Å²) in [7, 11) is 0. The molecular formula is C18H26O2. The van der Waals surface area contributed by atoms with Crippen LogP contribution in [0.3, 0.4) is 0 Å². The van der Waals surface area contributed by atoms with Gasteiger partial charge in [-0.1, -0.05) is 19.1 Å². The lowest BCUT2D eigenvalue weighted by Crippen LogP contribution is -2.31. The summed E-state index contributed by atoms with van der Waals surface area (Å²) in [5, 5.41) is 0. The molecule has 2 heteroatoms. The van der Waals surface area contributed by atoms with Gasteiger partial charge in [-0.25, -0.2) is 0 Å². The maximum absolute atomic E-state index is 11.7. The van der Waals surface area contributed by atoms with Crippen molar-refractivity contribution in [2.45, 2.75) is 45.4 Å². The molecule has 0 N–H and O–H groups in total. The van der Waals surface area contributed by atoms with Crippen LogP contribution in [0.15, 0.2) is 12.2 Å². The third kappa shape index (κ3) is 1.87. The first-order chi connectivity index (χ1) is 9.78. The average Bonchev–Trinajstić information content (AvgIpc) is 3.19. The third-order valence-electron chi connectivity index (χ3n) is 6.59. The maximum Gasteiger partial charge on any atom is 0.305 e. The molecule has 3 fully saturated rings. The summed E-state index contributed by atoms with van der Waals surface area (Å²) in [5.41, 5.74) is 0. The summed E-state index contributed by atoms with van der Waals surface area (Å²) >= 11 is 0.